The quantitative estimate of drug-likeness (QED) is 0.654. The first-order chi connectivity index (χ1) is 5.99. The van der Waals surface area contributed by atoms with Crippen LogP contribution in [0.4, 0.5) is 0 Å². The van der Waals surface area contributed by atoms with Crippen LogP contribution in [-0.2, 0) is 0 Å². The molecule has 1 aliphatic carbocycles. The summed E-state index contributed by atoms with van der Waals surface area (Å²) in [5, 5.41) is 13.3. The van der Waals surface area contributed by atoms with E-state index in [1.54, 1.807) is 0 Å². The molecule has 2 N–H and O–H groups in total. The summed E-state index contributed by atoms with van der Waals surface area (Å²) in [6.07, 6.45) is 3.89. The molecule has 0 amide bonds. The van der Waals surface area contributed by atoms with E-state index in [1.165, 1.54) is 19.3 Å². The van der Waals surface area contributed by atoms with Crippen LogP contribution < -0.4 is 5.32 Å². The molecular weight excluding hydrogens is 164 g/mol. The molecule has 1 aliphatic rings. The highest BCUT2D eigenvalue weighted by atomic mass is 16.3. The molecule has 0 aliphatic heterocycles. The van der Waals surface area contributed by atoms with Crippen molar-refractivity contribution in [1.29, 1.82) is 0 Å². The molecule has 1 atom stereocenters. The summed E-state index contributed by atoms with van der Waals surface area (Å²) >= 11 is 0. The van der Waals surface area contributed by atoms with Gasteiger partial charge in [0.25, 0.3) is 0 Å². The van der Waals surface area contributed by atoms with E-state index in [-0.39, 0.29) is 0 Å². The zero-order valence-electron chi connectivity index (χ0n) is 9.01. The Morgan fingerprint density at radius 2 is 2.08 bits per heavy atom. The van der Waals surface area contributed by atoms with Crippen molar-refractivity contribution in [1.82, 2.24) is 10.2 Å². The summed E-state index contributed by atoms with van der Waals surface area (Å²) in [5.41, 5.74) is -0.598. The van der Waals surface area contributed by atoms with Crippen molar-refractivity contribution in [3.63, 3.8) is 0 Å². The van der Waals surface area contributed by atoms with Crippen LogP contribution in [0.15, 0.2) is 0 Å². The highest BCUT2D eigenvalue weighted by Gasteiger charge is 2.24. The Labute approximate surface area is 81.1 Å². The van der Waals surface area contributed by atoms with Gasteiger partial charge < -0.3 is 15.3 Å². The first-order valence-corrected chi connectivity index (χ1v) is 5.10. The SMILES string of the molecule is CN(C)CC(C)(O)CNC1CCC1. The average Bonchev–Trinajstić information content (AvgIpc) is 1.79. The smallest absolute Gasteiger partial charge is 0.0869 e. The topological polar surface area (TPSA) is 35.5 Å². The second-order valence-electron chi connectivity index (χ2n) is 4.74. The largest absolute Gasteiger partial charge is 0.388 e. The van der Waals surface area contributed by atoms with E-state index < -0.39 is 5.60 Å². The molecule has 0 aromatic heterocycles. The molecular formula is C10H22N2O. The minimum atomic E-state index is -0.598. The van der Waals surface area contributed by atoms with Gasteiger partial charge in [-0.25, -0.2) is 0 Å². The van der Waals surface area contributed by atoms with Gasteiger partial charge in [0.1, 0.15) is 0 Å². The number of rotatable bonds is 5. The second kappa shape index (κ2) is 4.40. The van der Waals surface area contributed by atoms with Crippen LogP contribution in [0, 0.1) is 0 Å². The van der Waals surface area contributed by atoms with E-state index >= 15 is 0 Å². The Morgan fingerprint density at radius 1 is 1.46 bits per heavy atom. The first kappa shape index (κ1) is 11.0. The van der Waals surface area contributed by atoms with Crippen LogP contribution >= 0.6 is 0 Å². The van der Waals surface area contributed by atoms with Gasteiger partial charge >= 0.3 is 0 Å². The average molecular weight is 186 g/mol. The van der Waals surface area contributed by atoms with Crippen LogP contribution in [0.3, 0.4) is 0 Å². The molecule has 1 rings (SSSR count). The van der Waals surface area contributed by atoms with Crippen molar-refractivity contribution in [2.45, 2.75) is 37.8 Å². The molecule has 3 nitrogen and oxygen atoms in total. The molecule has 0 aromatic carbocycles. The fourth-order valence-electron chi connectivity index (χ4n) is 1.71. The normalized spacial score (nSPS) is 22.8. The maximum atomic E-state index is 9.95. The van der Waals surface area contributed by atoms with Gasteiger partial charge in [-0.05, 0) is 33.9 Å². The predicted octanol–water partition coefficient (Wildman–Crippen LogP) is 0.441. The van der Waals surface area contributed by atoms with Crippen LogP contribution in [0.5, 0.6) is 0 Å². The fraction of sp³-hybridized carbons (Fsp3) is 1.00. The minimum absolute atomic E-state index is 0.598. The van der Waals surface area contributed by atoms with Crippen molar-refractivity contribution in [2.24, 2.45) is 0 Å². The number of nitrogens with zero attached hydrogens (tertiary/aromatic N) is 1. The molecule has 1 saturated carbocycles. The number of nitrogens with one attached hydrogen (secondary N) is 1. The highest BCUT2D eigenvalue weighted by Crippen LogP contribution is 2.18. The number of aliphatic hydroxyl groups is 1. The first-order valence-electron chi connectivity index (χ1n) is 5.10. The number of hydrogen-bond donors (Lipinski definition) is 2. The third-order valence-electron chi connectivity index (χ3n) is 2.53. The summed E-state index contributed by atoms with van der Waals surface area (Å²) in [6, 6.07) is 0.661. The highest BCUT2D eigenvalue weighted by molar-refractivity contribution is 4.83. The van der Waals surface area contributed by atoms with E-state index in [9.17, 15) is 5.11 Å². The van der Waals surface area contributed by atoms with Crippen molar-refractivity contribution < 1.29 is 5.11 Å². The predicted molar refractivity (Wildman–Crippen MR) is 54.8 cm³/mol. The van der Waals surface area contributed by atoms with E-state index in [0.717, 1.165) is 0 Å². The molecule has 3 heteroatoms. The molecule has 0 heterocycles. The van der Waals surface area contributed by atoms with Gasteiger partial charge in [0.05, 0.1) is 5.60 Å². The standard InChI is InChI=1S/C10H22N2O/c1-10(13,8-12(2)3)7-11-9-5-4-6-9/h9,11,13H,4-8H2,1-3H3. The lowest BCUT2D eigenvalue weighted by molar-refractivity contribution is 0.0287. The molecule has 0 spiro atoms. The van der Waals surface area contributed by atoms with Crippen molar-refractivity contribution in [3.8, 4) is 0 Å². The lowest BCUT2D eigenvalue weighted by Crippen LogP contribution is -2.49. The van der Waals surface area contributed by atoms with Gasteiger partial charge in [-0.2, -0.15) is 0 Å². The Morgan fingerprint density at radius 3 is 2.46 bits per heavy atom. The Bertz CT molecular complexity index is 153. The molecule has 0 saturated heterocycles. The van der Waals surface area contributed by atoms with Crippen molar-refractivity contribution in [2.75, 3.05) is 27.2 Å². The summed E-state index contributed by atoms with van der Waals surface area (Å²) in [7, 11) is 3.97. The van der Waals surface area contributed by atoms with Gasteiger partial charge in [-0.1, -0.05) is 6.42 Å². The zero-order valence-corrected chi connectivity index (χ0v) is 9.01. The molecule has 13 heavy (non-hydrogen) atoms. The Hall–Kier alpha value is -0.120. The number of likely N-dealkylation sites (N-methyl/N-ethyl adjacent to an activating group) is 1. The summed E-state index contributed by atoms with van der Waals surface area (Å²) < 4.78 is 0. The lowest BCUT2D eigenvalue weighted by atomic mass is 9.92. The molecule has 0 radical (unpaired) electrons. The minimum Gasteiger partial charge on any atom is -0.388 e. The van der Waals surface area contributed by atoms with Crippen LogP contribution in [0.25, 0.3) is 0 Å². The molecule has 78 valence electrons. The third kappa shape index (κ3) is 4.07. The van der Waals surface area contributed by atoms with Crippen molar-refractivity contribution >= 4 is 0 Å². The summed E-state index contributed by atoms with van der Waals surface area (Å²) in [4.78, 5) is 2.02. The third-order valence-corrected chi connectivity index (χ3v) is 2.53. The van der Waals surface area contributed by atoms with Crippen molar-refractivity contribution in [3.05, 3.63) is 0 Å². The monoisotopic (exact) mass is 186 g/mol. The molecule has 1 unspecified atom stereocenters. The van der Waals surface area contributed by atoms with Crippen LogP contribution in [-0.4, -0.2) is 48.8 Å². The van der Waals surface area contributed by atoms with Crippen LogP contribution in [0.1, 0.15) is 26.2 Å². The lowest BCUT2D eigenvalue weighted by Gasteiger charge is -2.32. The van der Waals surface area contributed by atoms with E-state index in [1.807, 2.05) is 25.9 Å². The van der Waals surface area contributed by atoms with Gasteiger partial charge in [0, 0.05) is 19.1 Å². The van der Waals surface area contributed by atoms with Gasteiger partial charge in [-0.3, -0.25) is 0 Å². The maximum absolute atomic E-state index is 9.95. The summed E-state index contributed by atoms with van der Waals surface area (Å²) in [5.74, 6) is 0. The Balaban J connectivity index is 2.16. The van der Waals surface area contributed by atoms with E-state index in [2.05, 4.69) is 5.32 Å². The van der Waals surface area contributed by atoms with Gasteiger partial charge in [0.2, 0.25) is 0 Å². The molecule has 1 fully saturated rings. The maximum Gasteiger partial charge on any atom is 0.0869 e. The number of hydrogen-bond acceptors (Lipinski definition) is 3. The van der Waals surface area contributed by atoms with Gasteiger partial charge in [-0.15, -0.1) is 0 Å². The second-order valence-corrected chi connectivity index (χ2v) is 4.74. The van der Waals surface area contributed by atoms with E-state index in [0.29, 0.717) is 19.1 Å². The zero-order chi connectivity index (χ0) is 9.90. The Kier molecular flexibility index (Phi) is 3.71. The van der Waals surface area contributed by atoms with Gasteiger partial charge in [0.15, 0.2) is 0 Å². The van der Waals surface area contributed by atoms with E-state index in [4.69, 9.17) is 0 Å². The summed E-state index contributed by atoms with van der Waals surface area (Å²) in [6.45, 7) is 3.31. The van der Waals surface area contributed by atoms with Crippen LogP contribution in [0.2, 0.25) is 0 Å². The fourth-order valence-corrected chi connectivity index (χ4v) is 1.71. The molecule has 0 bridgehead atoms. The molecule has 0 aromatic rings.